The van der Waals surface area contributed by atoms with E-state index in [1.807, 2.05) is 24.0 Å². The SMILES string of the molecule is C=CC(=O)N1CC2(CCN(c3nc(N4CC(N5CC=CCC5)C4)nc4c(OCC(F)(F)F)c(-c5c(C)ccc6[nH]ncc56)c(C5CC5)cc34)CC2)C1. The molecule has 272 valence electrons. The molecule has 2 aromatic heterocycles. The van der Waals surface area contributed by atoms with Gasteiger partial charge in [0.2, 0.25) is 11.9 Å². The number of fused-ring (bicyclic) bond motifs is 2. The highest BCUT2D eigenvalue weighted by Crippen LogP contribution is 2.53. The molecule has 5 aliphatic rings. The second-order valence-corrected chi connectivity index (χ2v) is 15.4. The van der Waals surface area contributed by atoms with Crippen LogP contribution in [0.15, 0.2) is 49.2 Å². The molecule has 4 fully saturated rings. The number of ether oxygens (including phenoxy) is 1. The van der Waals surface area contributed by atoms with Crippen molar-refractivity contribution in [3.05, 3.63) is 60.3 Å². The minimum absolute atomic E-state index is 0.0379. The zero-order valence-corrected chi connectivity index (χ0v) is 29.4. The van der Waals surface area contributed by atoms with Crippen molar-refractivity contribution >= 4 is 39.5 Å². The van der Waals surface area contributed by atoms with Gasteiger partial charge in [0, 0.05) is 80.2 Å². The van der Waals surface area contributed by atoms with Crippen LogP contribution in [0.4, 0.5) is 24.9 Å². The molecule has 6 heterocycles. The molecule has 0 atom stereocenters. The standard InChI is InChI=1S/C39H43F3N8O2/c1-3-31(51)50-21-38(22-50)11-15-48(16-12-38)36-28-17-27(25-8-9-25)33(32-24(2)7-10-30-29(32)18-43-46-30)35(52-23-39(40,41)42)34(28)44-37(45-36)49-19-26(20-49)47-13-5-4-6-14-47/h3-5,7,10,17-18,25-26H,1,6,8-9,11-16,19-23H2,2H3,(H,43,46). The van der Waals surface area contributed by atoms with Gasteiger partial charge >= 0.3 is 6.18 Å². The average Bonchev–Trinajstić information content (AvgIpc) is 3.84. The fourth-order valence-corrected chi connectivity index (χ4v) is 8.74. The molecule has 1 amide bonds. The Hall–Kier alpha value is -4.65. The first kappa shape index (κ1) is 33.2. The van der Waals surface area contributed by atoms with Crippen LogP contribution >= 0.6 is 0 Å². The maximum atomic E-state index is 14.1. The second-order valence-electron chi connectivity index (χ2n) is 15.4. The van der Waals surface area contributed by atoms with Crippen molar-refractivity contribution < 1.29 is 22.7 Å². The number of hydrogen-bond donors (Lipinski definition) is 1. The number of nitrogens with one attached hydrogen (secondary N) is 1. The predicted molar refractivity (Wildman–Crippen MR) is 195 cm³/mol. The Balaban J connectivity index is 1.18. The monoisotopic (exact) mass is 712 g/mol. The molecule has 0 unspecified atom stereocenters. The molecular weight excluding hydrogens is 669 g/mol. The number of nitrogens with zero attached hydrogens (tertiary/aromatic N) is 7. The van der Waals surface area contributed by atoms with Gasteiger partial charge in [-0.15, -0.1) is 0 Å². The number of H-pyrrole nitrogens is 1. The van der Waals surface area contributed by atoms with Crippen LogP contribution in [0.3, 0.4) is 0 Å². The fraction of sp³-hybridized carbons (Fsp3) is 0.487. The van der Waals surface area contributed by atoms with Crippen molar-refractivity contribution in [1.82, 2.24) is 30.0 Å². The van der Waals surface area contributed by atoms with Gasteiger partial charge in [-0.2, -0.15) is 23.3 Å². The summed E-state index contributed by atoms with van der Waals surface area (Å²) in [5.41, 5.74) is 4.64. The smallest absolute Gasteiger partial charge is 0.422 e. The van der Waals surface area contributed by atoms with E-state index < -0.39 is 12.8 Å². The lowest BCUT2D eigenvalue weighted by atomic mass is 9.72. The first-order valence-corrected chi connectivity index (χ1v) is 18.4. The Morgan fingerprint density at radius 2 is 1.85 bits per heavy atom. The number of benzene rings is 2. The summed E-state index contributed by atoms with van der Waals surface area (Å²) in [5, 5.41) is 8.89. The second kappa shape index (κ2) is 12.5. The van der Waals surface area contributed by atoms with Crippen LogP contribution in [-0.2, 0) is 4.79 Å². The van der Waals surface area contributed by atoms with Crippen LogP contribution in [0, 0.1) is 12.3 Å². The molecule has 0 bridgehead atoms. The van der Waals surface area contributed by atoms with Crippen molar-refractivity contribution in [2.24, 2.45) is 5.41 Å². The highest BCUT2D eigenvalue weighted by molar-refractivity contribution is 6.06. The molecule has 0 radical (unpaired) electrons. The predicted octanol–water partition coefficient (Wildman–Crippen LogP) is 6.37. The largest absolute Gasteiger partial charge is 0.481 e. The molecule has 52 heavy (non-hydrogen) atoms. The number of aromatic amines is 1. The maximum absolute atomic E-state index is 14.1. The van der Waals surface area contributed by atoms with Gasteiger partial charge in [0.15, 0.2) is 12.4 Å². The van der Waals surface area contributed by atoms with Crippen molar-refractivity contribution in [2.45, 2.75) is 57.2 Å². The number of likely N-dealkylation sites (tertiary alicyclic amines) is 1. The van der Waals surface area contributed by atoms with Crippen LogP contribution in [0.25, 0.3) is 32.9 Å². The molecule has 3 saturated heterocycles. The van der Waals surface area contributed by atoms with Crippen molar-refractivity contribution in [3.63, 3.8) is 0 Å². The summed E-state index contributed by atoms with van der Waals surface area (Å²) in [5.74, 6) is 1.55. The number of hydrogen-bond acceptors (Lipinski definition) is 8. The van der Waals surface area contributed by atoms with E-state index in [1.165, 1.54) is 6.08 Å². The Kier molecular flexibility index (Phi) is 7.98. The van der Waals surface area contributed by atoms with Gasteiger partial charge in [-0.1, -0.05) is 24.8 Å². The zero-order chi connectivity index (χ0) is 35.8. The molecule has 4 aromatic rings. The van der Waals surface area contributed by atoms with Crippen LogP contribution < -0.4 is 14.5 Å². The van der Waals surface area contributed by atoms with E-state index in [1.54, 1.807) is 6.20 Å². The lowest BCUT2D eigenvalue weighted by Crippen LogP contribution is -2.61. The molecule has 1 saturated carbocycles. The summed E-state index contributed by atoms with van der Waals surface area (Å²) in [6.07, 6.45) is 7.67. The summed E-state index contributed by atoms with van der Waals surface area (Å²) >= 11 is 0. The van der Waals surface area contributed by atoms with Crippen LogP contribution in [-0.4, -0.2) is 107 Å². The topological polar surface area (TPSA) is 93.7 Å². The number of piperidine rings is 1. The lowest BCUT2D eigenvalue weighted by Gasteiger charge is -2.54. The van der Waals surface area contributed by atoms with E-state index in [9.17, 15) is 18.0 Å². The summed E-state index contributed by atoms with van der Waals surface area (Å²) in [4.78, 5) is 31.3. The molecular formula is C39H43F3N8O2. The zero-order valence-electron chi connectivity index (χ0n) is 29.4. The van der Waals surface area contributed by atoms with Gasteiger partial charge in [0.05, 0.1) is 11.7 Å². The van der Waals surface area contributed by atoms with Gasteiger partial charge in [0.1, 0.15) is 11.3 Å². The lowest BCUT2D eigenvalue weighted by molar-refractivity contribution is -0.153. The van der Waals surface area contributed by atoms with Crippen LogP contribution in [0.5, 0.6) is 5.75 Å². The molecule has 1 spiro atoms. The Morgan fingerprint density at radius 1 is 1.06 bits per heavy atom. The van der Waals surface area contributed by atoms with Gasteiger partial charge < -0.3 is 19.4 Å². The first-order chi connectivity index (χ1) is 25.1. The number of carbonyl (C=O) groups excluding carboxylic acids is 1. The van der Waals surface area contributed by atoms with Crippen molar-refractivity contribution in [2.75, 3.05) is 68.8 Å². The normalized spacial score (nSPS) is 20.8. The third-order valence-corrected chi connectivity index (χ3v) is 11.8. The van der Waals surface area contributed by atoms with Crippen molar-refractivity contribution in [1.29, 1.82) is 0 Å². The molecule has 13 heteroatoms. The van der Waals surface area contributed by atoms with E-state index in [-0.39, 0.29) is 23.0 Å². The van der Waals surface area contributed by atoms with E-state index in [0.717, 1.165) is 110 Å². The number of carbonyl (C=O) groups is 1. The average molecular weight is 713 g/mol. The highest BCUT2D eigenvalue weighted by Gasteiger charge is 2.47. The minimum atomic E-state index is -4.55. The van der Waals surface area contributed by atoms with Crippen LogP contribution in [0.1, 0.15) is 49.1 Å². The number of amides is 1. The number of alkyl halides is 3. The Labute approximate surface area is 300 Å². The molecule has 1 N–H and O–H groups in total. The molecule has 2 aromatic carbocycles. The van der Waals surface area contributed by atoms with Gasteiger partial charge in [-0.3, -0.25) is 14.8 Å². The number of rotatable bonds is 8. The number of aromatic nitrogens is 4. The van der Waals surface area contributed by atoms with Gasteiger partial charge in [0.25, 0.3) is 0 Å². The fourth-order valence-electron chi connectivity index (χ4n) is 8.74. The third kappa shape index (κ3) is 5.86. The van der Waals surface area contributed by atoms with E-state index in [0.29, 0.717) is 36.2 Å². The first-order valence-electron chi connectivity index (χ1n) is 18.4. The minimum Gasteiger partial charge on any atom is -0.481 e. The molecule has 9 rings (SSSR count). The van der Waals surface area contributed by atoms with E-state index in [4.69, 9.17) is 14.7 Å². The molecule has 4 aliphatic heterocycles. The third-order valence-electron chi connectivity index (χ3n) is 11.8. The molecule has 10 nitrogen and oxygen atoms in total. The molecule has 1 aliphatic carbocycles. The summed E-state index contributed by atoms with van der Waals surface area (Å²) < 4.78 is 48.2. The number of halogens is 3. The number of aryl methyl sites for hydroxylation is 1. The Bertz CT molecular complexity index is 2080. The number of anilines is 2. The highest BCUT2D eigenvalue weighted by atomic mass is 19.4. The van der Waals surface area contributed by atoms with E-state index in [2.05, 4.69) is 49.7 Å². The van der Waals surface area contributed by atoms with Crippen molar-refractivity contribution in [3.8, 4) is 16.9 Å². The van der Waals surface area contributed by atoms with Gasteiger partial charge in [-0.25, -0.2) is 4.98 Å². The summed E-state index contributed by atoms with van der Waals surface area (Å²) in [6.45, 7) is 10.5. The Morgan fingerprint density at radius 3 is 2.54 bits per heavy atom. The van der Waals surface area contributed by atoms with Crippen LogP contribution in [0.2, 0.25) is 0 Å². The summed E-state index contributed by atoms with van der Waals surface area (Å²) in [7, 11) is 0. The maximum Gasteiger partial charge on any atom is 0.422 e. The summed E-state index contributed by atoms with van der Waals surface area (Å²) in [6, 6.07) is 6.42. The quantitative estimate of drug-likeness (QED) is 0.167. The van der Waals surface area contributed by atoms with E-state index >= 15 is 0 Å². The van der Waals surface area contributed by atoms with Gasteiger partial charge in [-0.05, 0) is 79.8 Å².